The van der Waals surface area contributed by atoms with E-state index in [4.69, 9.17) is 0 Å². The van der Waals surface area contributed by atoms with Crippen LogP contribution in [0.1, 0.15) is 38.1 Å². The Balaban J connectivity index is 2.51. The minimum atomic E-state index is 0.614. The minimum absolute atomic E-state index is 0.614. The van der Waals surface area contributed by atoms with Crippen molar-refractivity contribution >= 4 is 15.9 Å². The molecule has 0 bridgehead atoms. The highest BCUT2D eigenvalue weighted by Crippen LogP contribution is 2.22. The van der Waals surface area contributed by atoms with Crippen LogP contribution >= 0.6 is 15.9 Å². The summed E-state index contributed by atoms with van der Waals surface area (Å²) in [6.07, 6.45) is 3.49. The van der Waals surface area contributed by atoms with Crippen LogP contribution in [-0.2, 0) is 13.5 Å². The smallest absolute Gasteiger partial charge is 0.0738 e. The van der Waals surface area contributed by atoms with E-state index in [0.717, 1.165) is 12.1 Å². The lowest BCUT2D eigenvalue weighted by Gasteiger charge is -2.19. The minimum Gasteiger partial charge on any atom is -0.317 e. The van der Waals surface area contributed by atoms with Gasteiger partial charge in [0.05, 0.1) is 15.9 Å². The third-order valence-electron chi connectivity index (χ3n) is 3.37. The summed E-state index contributed by atoms with van der Waals surface area (Å²) in [6, 6.07) is 0.614. The maximum Gasteiger partial charge on any atom is 0.0738 e. The topological polar surface area (TPSA) is 29.9 Å². The van der Waals surface area contributed by atoms with Crippen molar-refractivity contribution in [2.45, 2.75) is 46.1 Å². The molecule has 4 heteroatoms. The van der Waals surface area contributed by atoms with Gasteiger partial charge in [0.15, 0.2) is 0 Å². The molecule has 1 rings (SSSR count). The molecule has 1 N–H and O–H groups in total. The summed E-state index contributed by atoms with van der Waals surface area (Å²) in [5.41, 5.74) is 2.39. The molecule has 0 amide bonds. The molecule has 0 radical (unpaired) electrons. The highest BCUT2D eigenvalue weighted by atomic mass is 79.9. The van der Waals surface area contributed by atoms with E-state index in [1.165, 1.54) is 23.0 Å². The number of nitrogens with zero attached hydrogens (tertiary/aromatic N) is 2. The second kappa shape index (κ2) is 6.55. The van der Waals surface area contributed by atoms with Crippen molar-refractivity contribution in [3.63, 3.8) is 0 Å². The van der Waals surface area contributed by atoms with Crippen molar-refractivity contribution in [3.05, 3.63) is 15.9 Å². The van der Waals surface area contributed by atoms with Gasteiger partial charge in [0.1, 0.15) is 0 Å². The van der Waals surface area contributed by atoms with Crippen LogP contribution < -0.4 is 5.32 Å². The maximum atomic E-state index is 4.42. The Bertz CT molecular complexity index is 358. The molecule has 0 aliphatic rings. The molecule has 0 aromatic carbocycles. The zero-order chi connectivity index (χ0) is 13.0. The van der Waals surface area contributed by atoms with Crippen LogP contribution in [0.15, 0.2) is 4.47 Å². The number of aromatic nitrogens is 2. The fraction of sp³-hybridized carbons (Fsp3) is 0.769. The van der Waals surface area contributed by atoms with Crippen LogP contribution in [0.4, 0.5) is 0 Å². The second-order valence-corrected chi connectivity index (χ2v) is 5.79. The van der Waals surface area contributed by atoms with E-state index >= 15 is 0 Å². The standard InChI is InChI=1S/C13H24BrN3/c1-9(2)11(15-4)7-6-8-12-13(14)10(3)16-17(12)5/h9,11,15H,6-8H2,1-5H3. The maximum absolute atomic E-state index is 4.42. The van der Waals surface area contributed by atoms with Crippen molar-refractivity contribution in [2.24, 2.45) is 13.0 Å². The Labute approximate surface area is 113 Å². The largest absolute Gasteiger partial charge is 0.317 e. The molecule has 1 unspecified atom stereocenters. The summed E-state index contributed by atoms with van der Waals surface area (Å²) in [5, 5.41) is 7.81. The van der Waals surface area contributed by atoms with Gasteiger partial charge in [-0.15, -0.1) is 0 Å². The van der Waals surface area contributed by atoms with Crippen molar-refractivity contribution in [2.75, 3.05) is 7.05 Å². The van der Waals surface area contributed by atoms with E-state index in [2.05, 4.69) is 47.2 Å². The third kappa shape index (κ3) is 3.81. The van der Waals surface area contributed by atoms with Crippen LogP contribution in [0.2, 0.25) is 0 Å². The molecular weight excluding hydrogens is 278 g/mol. The van der Waals surface area contributed by atoms with Crippen LogP contribution in [0.25, 0.3) is 0 Å². The first kappa shape index (κ1) is 14.7. The molecule has 0 fully saturated rings. The van der Waals surface area contributed by atoms with Gasteiger partial charge in [0.2, 0.25) is 0 Å². The van der Waals surface area contributed by atoms with Crippen molar-refractivity contribution in [1.29, 1.82) is 0 Å². The second-order valence-electron chi connectivity index (χ2n) is 5.00. The van der Waals surface area contributed by atoms with E-state index in [9.17, 15) is 0 Å². The average Bonchev–Trinajstić information content (AvgIpc) is 2.49. The molecule has 3 nitrogen and oxygen atoms in total. The quantitative estimate of drug-likeness (QED) is 0.875. The zero-order valence-corrected chi connectivity index (χ0v) is 13.1. The molecule has 0 spiro atoms. The summed E-state index contributed by atoms with van der Waals surface area (Å²) in [7, 11) is 4.07. The van der Waals surface area contributed by atoms with Crippen molar-refractivity contribution in [1.82, 2.24) is 15.1 Å². The third-order valence-corrected chi connectivity index (χ3v) is 4.40. The van der Waals surface area contributed by atoms with Gasteiger partial charge in [-0.25, -0.2) is 0 Å². The highest BCUT2D eigenvalue weighted by molar-refractivity contribution is 9.10. The lowest BCUT2D eigenvalue weighted by molar-refractivity contribution is 0.392. The first-order valence-electron chi connectivity index (χ1n) is 6.32. The molecule has 0 aliphatic heterocycles. The molecule has 17 heavy (non-hydrogen) atoms. The lowest BCUT2D eigenvalue weighted by Crippen LogP contribution is -2.30. The van der Waals surface area contributed by atoms with E-state index in [1.54, 1.807) is 0 Å². The number of hydrogen-bond acceptors (Lipinski definition) is 2. The summed E-state index contributed by atoms with van der Waals surface area (Å²) in [5.74, 6) is 0.691. The monoisotopic (exact) mass is 301 g/mol. The molecule has 0 saturated carbocycles. The number of hydrogen-bond donors (Lipinski definition) is 1. The van der Waals surface area contributed by atoms with Crippen molar-refractivity contribution < 1.29 is 0 Å². The van der Waals surface area contributed by atoms with Gasteiger partial charge in [-0.05, 0) is 55.1 Å². The predicted octanol–water partition coefficient (Wildman–Crippen LogP) is 3.06. The van der Waals surface area contributed by atoms with Gasteiger partial charge in [-0.1, -0.05) is 13.8 Å². The van der Waals surface area contributed by atoms with Crippen LogP contribution in [0.3, 0.4) is 0 Å². The Morgan fingerprint density at radius 1 is 1.41 bits per heavy atom. The molecule has 1 heterocycles. The number of aryl methyl sites for hydroxylation is 2. The molecule has 1 aromatic rings. The molecule has 1 atom stereocenters. The van der Waals surface area contributed by atoms with Gasteiger partial charge in [-0.2, -0.15) is 5.10 Å². The highest BCUT2D eigenvalue weighted by Gasteiger charge is 2.13. The Kier molecular flexibility index (Phi) is 5.67. The first-order valence-corrected chi connectivity index (χ1v) is 7.11. The molecule has 0 saturated heterocycles. The summed E-state index contributed by atoms with van der Waals surface area (Å²) in [6.45, 7) is 6.58. The summed E-state index contributed by atoms with van der Waals surface area (Å²) >= 11 is 3.62. The van der Waals surface area contributed by atoms with E-state index in [-0.39, 0.29) is 0 Å². The molecule has 0 aliphatic carbocycles. The molecule has 1 aromatic heterocycles. The van der Waals surface area contributed by atoms with Crippen LogP contribution in [-0.4, -0.2) is 22.9 Å². The normalized spacial score (nSPS) is 13.4. The Morgan fingerprint density at radius 3 is 2.47 bits per heavy atom. The number of halogens is 1. The summed E-state index contributed by atoms with van der Waals surface area (Å²) < 4.78 is 3.16. The van der Waals surface area contributed by atoms with Crippen molar-refractivity contribution in [3.8, 4) is 0 Å². The zero-order valence-electron chi connectivity index (χ0n) is 11.5. The molecule has 98 valence electrons. The van der Waals surface area contributed by atoms with Gasteiger partial charge in [0, 0.05) is 13.1 Å². The van der Waals surface area contributed by atoms with E-state index in [0.29, 0.717) is 12.0 Å². The Morgan fingerprint density at radius 2 is 2.06 bits per heavy atom. The number of nitrogens with one attached hydrogen (secondary N) is 1. The van der Waals surface area contributed by atoms with E-state index < -0.39 is 0 Å². The lowest BCUT2D eigenvalue weighted by atomic mass is 9.98. The summed E-state index contributed by atoms with van der Waals surface area (Å²) in [4.78, 5) is 0. The predicted molar refractivity (Wildman–Crippen MR) is 76.3 cm³/mol. The van der Waals surface area contributed by atoms with Gasteiger partial charge >= 0.3 is 0 Å². The SMILES string of the molecule is CNC(CCCc1c(Br)c(C)nn1C)C(C)C. The fourth-order valence-corrected chi connectivity index (χ4v) is 2.79. The van der Waals surface area contributed by atoms with Crippen LogP contribution in [0.5, 0.6) is 0 Å². The average molecular weight is 302 g/mol. The molecular formula is C13H24BrN3. The fourth-order valence-electron chi connectivity index (χ4n) is 2.25. The van der Waals surface area contributed by atoms with Crippen LogP contribution in [0, 0.1) is 12.8 Å². The van der Waals surface area contributed by atoms with Gasteiger partial charge in [0.25, 0.3) is 0 Å². The van der Waals surface area contributed by atoms with E-state index in [1.807, 2.05) is 18.7 Å². The Hall–Kier alpha value is -0.350. The number of rotatable bonds is 6. The van der Waals surface area contributed by atoms with Gasteiger partial charge in [-0.3, -0.25) is 4.68 Å². The first-order chi connectivity index (χ1) is 7.97. The van der Waals surface area contributed by atoms with Gasteiger partial charge < -0.3 is 5.32 Å².